The highest BCUT2D eigenvalue weighted by atomic mass is 35.5. The molecule has 6 heteroatoms. The first-order valence-corrected chi connectivity index (χ1v) is 9.32. The number of nitrogens with one attached hydrogen (secondary N) is 1. The van der Waals surface area contributed by atoms with E-state index >= 15 is 0 Å². The van der Waals surface area contributed by atoms with E-state index in [0.717, 1.165) is 4.90 Å². The number of carbonyl (C=O) groups is 2. The third kappa shape index (κ3) is 6.11. The highest BCUT2D eigenvalue weighted by molar-refractivity contribution is 7.99. The molecular formula is C19H20ClNO3S. The lowest BCUT2D eigenvalue weighted by Gasteiger charge is -2.09. The fraction of sp³-hybridized carbons (Fsp3) is 0.263. The highest BCUT2D eigenvalue weighted by Gasteiger charge is 2.11. The molecule has 0 aliphatic carbocycles. The summed E-state index contributed by atoms with van der Waals surface area (Å²) in [7, 11) is 0. The average molecular weight is 378 g/mol. The van der Waals surface area contributed by atoms with Crippen LogP contribution in [0.2, 0.25) is 5.02 Å². The lowest BCUT2D eigenvalue weighted by Crippen LogP contribution is -2.13. The molecule has 0 aliphatic heterocycles. The van der Waals surface area contributed by atoms with E-state index in [1.165, 1.54) is 11.6 Å². The van der Waals surface area contributed by atoms with Crippen molar-refractivity contribution in [2.24, 2.45) is 0 Å². The maximum atomic E-state index is 12.1. The van der Waals surface area contributed by atoms with Crippen molar-refractivity contribution >= 4 is 40.9 Å². The molecular weight excluding hydrogens is 358 g/mol. The fourth-order valence-corrected chi connectivity index (χ4v) is 3.15. The molecule has 0 spiro atoms. The molecule has 1 amide bonds. The van der Waals surface area contributed by atoms with Crippen molar-refractivity contribution in [3.8, 4) is 0 Å². The second kappa shape index (κ2) is 9.49. The van der Waals surface area contributed by atoms with Gasteiger partial charge in [-0.25, -0.2) is 4.79 Å². The number of hydrogen-bond donors (Lipinski definition) is 1. The minimum atomic E-state index is -0.434. The molecule has 0 bridgehead atoms. The minimum absolute atomic E-state index is 0.120. The van der Waals surface area contributed by atoms with E-state index in [0.29, 0.717) is 35.1 Å². The number of benzene rings is 2. The van der Waals surface area contributed by atoms with E-state index in [1.807, 2.05) is 31.2 Å². The molecule has 0 saturated carbocycles. The van der Waals surface area contributed by atoms with Gasteiger partial charge in [-0.3, -0.25) is 4.79 Å². The van der Waals surface area contributed by atoms with Crippen LogP contribution in [0.4, 0.5) is 5.69 Å². The number of esters is 1. The van der Waals surface area contributed by atoms with Gasteiger partial charge in [-0.15, -0.1) is 11.8 Å². The summed E-state index contributed by atoms with van der Waals surface area (Å²) in [6, 6.07) is 12.9. The van der Waals surface area contributed by atoms with E-state index in [9.17, 15) is 9.59 Å². The standard InChI is InChI=1S/C19H20ClNO3S/c1-3-24-19(23)14-6-9-17(16(20)12-14)21-18(22)10-11-25-15-7-4-13(2)5-8-15/h4-9,12H,3,10-11H2,1-2H3,(H,21,22). The summed E-state index contributed by atoms with van der Waals surface area (Å²) in [5.74, 6) is 0.120. The van der Waals surface area contributed by atoms with Crippen molar-refractivity contribution in [3.63, 3.8) is 0 Å². The summed E-state index contributed by atoms with van der Waals surface area (Å²) in [5.41, 5.74) is 2.06. The first-order valence-electron chi connectivity index (χ1n) is 7.95. The minimum Gasteiger partial charge on any atom is -0.462 e. The Morgan fingerprint density at radius 3 is 2.52 bits per heavy atom. The molecule has 0 aliphatic rings. The number of aryl methyl sites for hydroxylation is 1. The molecule has 4 nitrogen and oxygen atoms in total. The largest absolute Gasteiger partial charge is 0.462 e. The normalized spacial score (nSPS) is 10.4. The second-order valence-electron chi connectivity index (χ2n) is 5.37. The van der Waals surface area contributed by atoms with Gasteiger partial charge in [0.25, 0.3) is 0 Å². The molecule has 0 radical (unpaired) electrons. The van der Waals surface area contributed by atoms with Crippen molar-refractivity contribution in [2.45, 2.75) is 25.2 Å². The van der Waals surface area contributed by atoms with Gasteiger partial charge in [0, 0.05) is 17.1 Å². The Labute approximate surface area is 156 Å². The van der Waals surface area contributed by atoms with Gasteiger partial charge in [0.15, 0.2) is 0 Å². The van der Waals surface area contributed by atoms with Crippen LogP contribution in [0.25, 0.3) is 0 Å². The summed E-state index contributed by atoms with van der Waals surface area (Å²) in [6.45, 7) is 4.08. The van der Waals surface area contributed by atoms with Gasteiger partial charge in [0.2, 0.25) is 5.91 Å². The highest BCUT2D eigenvalue weighted by Crippen LogP contribution is 2.24. The predicted octanol–water partition coefficient (Wildman–Crippen LogP) is 4.95. The summed E-state index contributed by atoms with van der Waals surface area (Å²) in [6.07, 6.45) is 0.370. The van der Waals surface area contributed by atoms with Gasteiger partial charge in [-0.2, -0.15) is 0 Å². The molecule has 2 aromatic carbocycles. The molecule has 2 aromatic rings. The molecule has 132 valence electrons. The van der Waals surface area contributed by atoms with Gasteiger partial charge in [0.05, 0.1) is 22.9 Å². The number of hydrogen-bond acceptors (Lipinski definition) is 4. The van der Waals surface area contributed by atoms with E-state index in [1.54, 1.807) is 30.8 Å². The third-order valence-electron chi connectivity index (χ3n) is 3.37. The van der Waals surface area contributed by atoms with Gasteiger partial charge in [-0.1, -0.05) is 29.3 Å². The SMILES string of the molecule is CCOC(=O)c1ccc(NC(=O)CCSc2ccc(C)cc2)c(Cl)c1. The summed E-state index contributed by atoms with van der Waals surface area (Å²) in [4.78, 5) is 24.8. The van der Waals surface area contributed by atoms with Crippen LogP contribution < -0.4 is 5.32 Å². The molecule has 0 atom stereocenters. The zero-order chi connectivity index (χ0) is 18.2. The van der Waals surface area contributed by atoms with Crippen molar-refractivity contribution in [1.82, 2.24) is 0 Å². The van der Waals surface area contributed by atoms with E-state index in [-0.39, 0.29) is 5.91 Å². The summed E-state index contributed by atoms with van der Waals surface area (Å²) >= 11 is 7.76. The van der Waals surface area contributed by atoms with Crippen molar-refractivity contribution in [1.29, 1.82) is 0 Å². The number of amides is 1. The average Bonchev–Trinajstić information content (AvgIpc) is 2.58. The topological polar surface area (TPSA) is 55.4 Å². The number of halogens is 1. The Balaban J connectivity index is 1.85. The number of rotatable bonds is 7. The number of ether oxygens (including phenoxy) is 1. The molecule has 0 heterocycles. The van der Waals surface area contributed by atoms with Crippen molar-refractivity contribution < 1.29 is 14.3 Å². The van der Waals surface area contributed by atoms with Crippen molar-refractivity contribution in [2.75, 3.05) is 17.7 Å². The maximum Gasteiger partial charge on any atom is 0.338 e. The van der Waals surface area contributed by atoms with Gasteiger partial charge < -0.3 is 10.1 Å². The molecule has 0 unspecified atom stereocenters. The van der Waals surface area contributed by atoms with Crippen LogP contribution in [-0.2, 0) is 9.53 Å². The first-order chi connectivity index (χ1) is 12.0. The summed E-state index contributed by atoms with van der Waals surface area (Å²) in [5, 5.41) is 3.08. The van der Waals surface area contributed by atoms with Crippen LogP contribution >= 0.6 is 23.4 Å². The van der Waals surface area contributed by atoms with E-state index in [2.05, 4.69) is 5.32 Å². The number of carbonyl (C=O) groups excluding carboxylic acids is 2. The third-order valence-corrected chi connectivity index (χ3v) is 4.70. The first kappa shape index (κ1) is 19.3. The van der Waals surface area contributed by atoms with Crippen LogP contribution in [-0.4, -0.2) is 24.2 Å². The molecule has 0 fully saturated rings. The predicted molar refractivity (Wildman–Crippen MR) is 103 cm³/mol. The monoisotopic (exact) mass is 377 g/mol. The Hall–Kier alpha value is -1.98. The van der Waals surface area contributed by atoms with Crippen LogP contribution in [0.15, 0.2) is 47.4 Å². The molecule has 25 heavy (non-hydrogen) atoms. The van der Waals surface area contributed by atoms with Crippen molar-refractivity contribution in [3.05, 3.63) is 58.6 Å². The number of anilines is 1. The Morgan fingerprint density at radius 1 is 1.16 bits per heavy atom. The van der Waals surface area contributed by atoms with E-state index in [4.69, 9.17) is 16.3 Å². The Bertz CT molecular complexity index is 747. The van der Waals surface area contributed by atoms with Gasteiger partial charge >= 0.3 is 5.97 Å². The quantitative estimate of drug-likeness (QED) is 0.548. The lowest BCUT2D eigenvalue weighted by molar-refractivity contribution is -0.115. The van der Waals surface area contributed by atoms with Crippen LogP contribution in [0.1, 0.15) is 29.3 Å². The molecule has 0 aromatic heterocycles. The zero-order valence-electron chi connectivity index (χ0n) is 14.2. The number of thioether (sulfide) groups is 1. The van der Waals surface area contributed by atoms with Gasteiger partial charge in [0.1, 0.15) is 0 Å². The maximum absolute atomic E-state index is 12.1. The zero-order valence-corrected chi connectivity index (χ0v) is 15.7. The second-order valence-corrected chi connectivity index (χ2v) is 6.95. The smallest absolute Gasteiger partial charge is 0.338 e. The Morgan fingerprint density at radius 2 is 1.88 bits per heavy atom. The van der Waals surface area contributed by atoms with E-state index < -0.39 is 5.97 Å². The molecule has 1 N–H and O–H groups in total. The molecule has 2 rings (SSSR count). The summed E-state index contributed by atoms with van der Waals surface area (Å²) < 4.78 is 4.92. The van der Waals surface area contributed by atoms with Gasteiger partial charge in [-0.05, 0) is 44.2 Å². The van der Waals surface area contributed by atoms with Crippen LogP contribution in [0, 0.1) is 6.92 Å². The Kier molecular flexibility index (Phi) is 7.34. The van der Waals surface area contributed by atoms with Crippen LogP contribution in [0.3, 0.4) is 0 Å². The lowest BCUT2D eigenvalue weighted by atomic mass is 10.2. The molecule has 0 saturated heterocycles. The van der Waals surface area contributed by atoms with Crippen LogP contribution in [0.5, 0.6) is 0 Å². The fourth-order valence-electron chi connectivity index (χ4n) is 2.07.